The van der Waals surface area contributed by atoms with E-state index >= 15 is 0 Å². The predicted octanol–water partition coefficient (Wildman–Crippen LogP) is 4.17. The van der Waals surface area contributed by atoms with E-state index in [9.17, 15) is 14.0 Å². The largest absolute Gasteiger partial charge is 0.349 e. The number of hydrogen-bond donors (Lipinski definition) is 3. The summed E-state index contributed by atoms with van der Waals surface area (Å²) in [4.78, 5) is 24.4. The highest BCUT2D eigenvalue weighted by molar-refractivity contribution is 5.96. The van der Waals surface area contributed by atoms with Gasteiger partial charge in [-0.05, 0) is 67.6 Å². The summed E-state index contributed by atoms with van der Waals surface area (Å²) in [6.07, 6.45) is 4.97. The first-order valence-electron chi connectivity index (χ1n) is 9.72. The third kappa shape index (κ3) is 5.55. The molecule has 0 aliphatic heterocycles. The Hall–Kier alpha value is -2.89. The van der Waals surface area contributed by atoms with Crippen LogP contribution in [0.1, 0.15) is 47.2 Å². The molecule has 3 amide bonds. The van der Waals surface area contributed by atoms with Crippen molar-refractivity contribution in [3.05, 3.63) is 65.0 Å². The quantitative estimate of drug-likeness (QED) is 0.701. The molecule has 28 heavy (non-hydrogen) atoms. The Kier molecular flexibility index (Phi) is 6.63. The second-order valence-corrected chi connectivity index (χ2v) is 7.25. The molecule has 1 aliphatic rings. The fourth-order valence-electron chi connectivity index (χ4n) is 3.46. The molecule has 1 aliphatic carbocycles. The minimum atomic E-state index is -0.331. The van der Waals surface area contributed by atoms with Crippen molar-refractivity contribution in [3.8, 4) is 0 Å². The zero-order chi connectivity index (χ0) is 19.9. The molecule has 1 saturated carbocycles. The van der Waals surface area contributed by atoms with Gasteiger partial charge in [-0.2, -0.15) is 0 Å². The lowest BCUT2D eigenvalue weighted by molar-refractivity contribution is 0.0938. The number of hydrogen-bond acceptors (Lipinski definition) is 2. The number of amides is 3. The second kappa shape index (κ2) is 9.35. The van der Waals surface area contributed by atoms with Gasteiger partial charge < -0.3 is 16.0 Å². The van der Waals surface area contributed by atoms with Crippen molar-refractivity contribution in [1.82, 2.24) is 10.6 Å². The maximum Gasteiger partial charge on any atom is 0.319 e. The molecule has 0 bridgehead atoms. The summed E-state index contributed by atoms with van der Waals surface area (Å²) in [6.45, 7) is 2.25. The lowest BCUT2D eigenvalue weighted by Crippen LogP contribution is -2.33. The first-order valence-corrected chi connectivity index (χ1v) is 9.72. The number of carbonyl (C=O) groups is 2. The van der Waals surface area contributed by atoms with Gasteiger partial charge in [0.1, 0.15) is 5.82 Å². The molecule has 148 valence electrons. The van der Waals surface area contributed by atoms with Crippen LogP contribution in [0.3, 0.4) is 0 Å². The molecule has 2 aromatic carbocycles. The first kappa shape index (κ1) is 19.9. The summed E-state index contributed by atoms with van der Waals surface area (Å²) in [5.74, 6) is -0.351. The van der Waals surface area contributed by atoms with E-state index in [0.717, 1.165) is 24.0 Å². The Morgan fingerprint density at radius 2 is 1.89 bits per heavy atom. The molecule has 0 heterocycles. The molecule has 2 aromatic rings. The Labute approximate surface area is 164 Å². The van der Waals surface area contributed by atoms with Gasteiger partial charge in [0.15, 0.2) is 0 Å². The van der Waals surface area contributed by atoms with E-state index in [2.05, 4.69) is 16.0 Å². The average molecular weight is 383 g/mol. The van der Waals surface area contributed by atoms with Crippen LogP contribution in [0.15, 0.2) is 42.5 Å². The van der Waals surface area contributed by atoms with Crippen molar-refractivity contribution >= 4 is 17.6 Å². The van der Waals surface area contributed by atoms with Gasteiger partial charge in [-0.25, -0.2) is 9.18 Å². The van der Waals surface area contributed by atoms with E-state index in [-0.39, 0.29) is 23.8 Å². The minimum absolute atomic E-state index is 0.0684. The van der Waals surface area contributed by atoms with E-state index in [1.54, 1.807) is 24.3 Å². The Morgan fingerprint density at radius 1 is 1.11 bits per heavy atom. The fraction of sp³-hybridized carbons (Fsp3) is 0.364. The van der Waals surface area contributed by atoms with Crippen LogP contribution in [0.4, 0.5) is 14.9 Å². The van der Waals surface area contributed by atoms with Gasteiger partial charge in [0.2, 0.25) is 0 Å². The lowest BCUT2D eigenvalue weighted by atomic mass is 10.1. The molecule has 3 N–H and O–H groups in total. The normalized spacial score (nSPS) is 13.9. The van der Waals surface area contributed by atoms with Crippen molar-refractivity contribution in [2.24, 2.45) is 0 Å². The van der Waals surface area contributed by atoms with Crippen LogP contribution in [-0.4, -0.2) is 24.5 Å². The van der Waals surface area contributed by atoms with Crippen molar-refractivity contribution in [3.63, 3.8) is 0 Å². The number of carbonyl (C=O) groups excluding carboxylic acids is 2. The number of rotatable bonds is 6. The third-order valence-corrected chi connectivity index (χ3v) is 5.02. The maximum absolute atomic E-state index is 13.2. The molecule has 0 spiro atoms. The number of anilines is 1. The van der Waals surface area contributed by atoms with E-state index in [1.165, 1.54) is 25.0 Å². The summed E-state index contributed by atoms with van der Waals surface area (Å²) in [5.41, 5.74) is 2.90. The van der Waals surface area contributed by atoms with Crippen molar-refractivity contribution < 1.29 is 14.0 Å². The first-order chi connectivity index (χ1) is 13.5. The molecule has 1 fully saturated rings. The molecular formula is C22H26FN3O2. The molecule has 0 radical (unpaired) electrons. The molecule has 6 heteroatoms. The zero-order valence-corrected chi connectivity index (χ0v) is 16.1. The predicted molar refractivity (Wildman–Crippen MR) is 108 cm³/mol. The molecule has 0 atom stereocenters. The molecule has 3 rings (SSSR count). The van der Waals surface area contributed by atoms with Crippen LogP contribution in [0, 0.1) is 12.7 Å². The topological polar surface area (TPSA) is 70.2 Å². The molecule has 0 saturated heterocycles. The lowest BCUT2D eigenvalue weighted by Gasteiger charge is -2.14. The third-order valence-electron chi connectivity index (χ3n) is 5.02. The maximum atomic E-state index is 13.2. The van der Waals surface area contributed by atoms with Crippen molar-refractivity contribution in [1.29, 1.82) is 0 Å². The summed E-state index contributed by atoms with van der Waals surface area (Å²) in [5, 5.41) is 8.62. The number of benzene rings is 2. The molecule has 0 unspecified atom stereocenters. The number of aryl methyl sites for hydroxylation is 1. The Bertz CT molecular complexity index is 847. The summed E-state index contributed by atoms with van der Waals surface area (Å²) < 4.78 is 13.2. The molecule has 5 nitrogen and oxygen atoms in total. The minimum Gasteiger partial charge on any atom is -0.349 e. The van der Waals surface area contributed by atoms with Gasteiger partial charge in [-0.15, -0.1) is 0 Å². The van der Waals surface area contributed by atoms with Crippen LogP contribution in [-0.2, 0) is 6.42 Å². The fourth-order valence-corrected chi connectivity index (χ4v) is 3.46. The number of halogens is 1. The zero-order valence-electron chi connectivity index (χ0n) is 16.1. The average Bonchev–Trinajstić information content (AvgIpc) is 3.16. The van der Waals surface area contributed by atoms with Crippen molar-refractivity contribution in [2.45, 2.75) is 45.1 Å². The summed E-state index contributed by atoms with van der Waals surface area (Å²) >= 11 is 0. The summed E-state index contributed by atoms with van der Waals surface area (Å²) in [7, 11) is 0. The molecule has 0 aromatic heterocycles. The van der Waals surface area contributed by atoms with Gasteiger partial charge in [0.05, 0.1) is 0 Å². The van der Waals surface area contributed by atoms with Crippen LogP contribution in [0.5, 0.6) is 0 Å². The van der Waals surface area contributed by atoms with E-state index in [0.29, 0.717) is 24.2 Å². The highest BCUT2D eigenvalue weighted by Gasteiger charge is 2.18. The smallest absolute Gasteiger partial charge is 0.319 e. The van der Waals surface area contributed by atoms with Gasteiger partial charge in [0, 0.05) is 23.8 Å². The van der Waals surface area contributed by atoms with Gasteiger partial charge in [-0.1, -0.05) is 25.0 Å². The highest BCUT2D eigenvalue weighted by Crippen LogP contribution is 2.20. The summed E-state index contributed by atoms with van der Waals surface area (Å²) in [6, 6.07) is 11.5. The standard InChI is InChI=1S/C22H26FN3O2/c1-15-13-17(21(27)25-19-7-2-3-8-19)9-10-20(15)26-22(28)24-12-11-16-5-4-6-18(23)14-16/h4-6,9-10,13-14,19H,2-3,7-8,11-12H2,1H3,(H,25,27)(H2,24,26,28). The number of nitrogens with one attached hydrogen (secondary N) is 3. The Balaban J connectivity index is 1.49. The van der Waals surface area contributed by atoms with Gasteiger partial charge in [0.25, 0.3) is 5.91 Å². The Morgan fingerprint density at radius 3 is 2.61 bits per heavy atom. The van der Waals surface area contributed by atoms with Crippen LogP contribution in [0.2, 0.25) is 0 Å². The number of urea groups is 1. The van der Waals surface area contributed by atoms with Crippen LogP contribution in [0.25, 0.3) is 0 Å². The SMILES string of the molecule is Cc1cc(C(=O)NC2CCCC2)ccc1NC(=O)NCCc1cccc(F)c1. The monoisotopic (exact) mass is 383 g/mol. The molecular weight excluding hydrogens is 357 g/mol. The second-order valence-electron chi connectivity index (χ2n) is 7.25. The van der Waals surface area contributed by atoms with Gasteiger partial charge in [-0.3, -0.25) is 4.79 Å². The van der Waals surface area contributed by atoms with E-state index < -0.39 is 0 Å². The highest BCUT2D eigenvalue weighted by atomic mass is 19.1. The van der Waals surface area contributed by atoms with Crippen LogP contribution >= 0.6 is 0 Å². The van der Waals surface area contributed by atoms with Gasteiger partial charge >= 0.3 is 6.03 Å². The van der Waals surface area contributed by atoms with Crippen molar-refractivity contribution in [2.75, 3.05) is 11.9 Å². The van der Waals surface area contributed by atoms with E-state index in [4.69, 9.17) is 0 Å². The van der Waals surface area contributed by atoms with E-state index in [1.807, 2.05) is 13.0 Å². The van der Waals surface area contributed by atoms with Crippen LogP contribution < -0.4 is 16.0 Å².